The molecule has 0 fully saturated rings. The first-order valence-corrected chi connectivity index (χ1v) is 12.4. The first-order valence-electron chi connectivity index (χ1n) is 10.1. The second-order valence-electron chi connectivity index (χ2n) is 8.08. The van der Waals surface area contributed by atoms with Crippen LogP contribution in [0.2, 0.25) is 5.02 Å². The summed E-state index contributed by atoms with van der Waals surface area (Å²) < 4.78 is 21.5. The highest BCUT2D eigenvalue weighted by atomic mass is 79.9. The summed E-state index contributed by atoms with van der Waals surface area (Å²) in [5, 5.41) is 0.400. The number of anilines is 3. The van der Waals surface area contributed by atoms with E-state index in [4.69, 9.17) is 16.3 Å². The van der Waals surface area contributed by atoms with E-state index in [1.807, 2.05) is 20.8 Å². The summed E-state index contributed by atoms with van der Waals surface area (Å²) in [6.45, 7) is 5.77. The Kier molecular flexibility index (Phi) is 8.11. The van der Waals surface area contributed by atoms with Crippen LogP contribution in [-0.4, -0.2) is 49.8 Å². The summed E-state index contributed by atoms with van der Waals surface area (Å²) in [4.78, 5) is 29.4. The van der Waals surface area contributed by atoms with Crippen molar-refractivity contribution >= 4 is 62.0 Å². The van der Waals surface area contributed by atoms with Crippen LogP contribution >= 0.6 is 27.5 Å². The normalized spacial score (nSPS) is 12.1. The third-order valence-electron chi connectivity index (χ3n) is 4.86. The molecule has 12 heteroatoms. The number of nitrogens with zero attached hydrogens (tertiary/aromatic N) is 5. The van der Waals surface area contributed by atoms with Crippen LogP contribution in [0, 0.1) is 0 Å². The third-order valence-corrected chi connectivity index (χ3v) is 7.10. The number of carbonyl (C=O) groups excluding carboxylic acids is 1. The number of benzene rings is 1. The summed E-state index contributed by atoms with van der Waals surface area (Å²) >= 11 is 9.74. The predicted molar refractivity (Wildman–Crippen MR) is 137 cm³/mol. The van der Waals surface area contributed by atoms with Gasteiger partial charge in [-0.05, 0) is 67.0 Å². The van der Waals surface area contributed by atoms with Crippen LogP contribution in [0.1, 0.15) is 20.8 Å². The number of nitrogens with one attached hydrogen (secondary N) is 1. The largest absolute Gasteiger partial charge is 0.495 e. The molecule has 0 saturated heterocycles. The van der Waals surface area contributed by atoms with Crippen LogP contribution in [0.4, 0.5) is 22.2 Å². The van der Waals surface area contributed by atoms with Crippen LogP contribution in [-0.2, 0) is 11.0 Å². The Morgan fingerprint density at radius 2 is 1.85 bits per heavy atom. The highest BCUT2D eigenvalue weighted by Gasteiger charge is 2.31. The lowest BCUT2D eigenvalue weighted by Gasteiger charge is -2.36. The van der Waals surface area contributed by atoms with E-state index >= 15 is 0 Å². The summed E-state index contributed by atoms with van der Waals surface area (Å²) in [6.07, 6.45) is 4.51. The molecule has 1 unspecified atom stereocenters. The zero-order valence-electron chi connectivity index (χ0n) is 19.2. The molecule has 0 saturated carbocycles. The maximum atomic E-state index is 13.6. The van der Waals surface area contributed by atoms with Crippen LogP contribution < -0.4 is 14.4 Å². The summed E-state index contributed by atoms with van der Waals surface area (Å²) in [7, 11) is 1.56. The maximum absolute atomic E-state index is 13.6. The van der Waals surface area contributed by atoms with Gasteiger partial charge in [0, 0.05) is 35.6 Å². The standard InChI is InChI=1S/C22H24BrClN6O3S/c1-22(2,3)29(4)21(31)30(17-12-16(24)15(23)11-18(17)33-5)19-8-7-14(13-27-19)34(32)28-20-25-9-6-10-26-20/h6-13H,1-5H3,(H,25,26,28). The average Bonchev–Trinajstić information content (AvgIpc) is 2.81. The molecule has 0 aliphatic rings. The number of carbonyl (C=O) groups is 1. The van der Waals surface area contributed by atoms with Crippen molar-refractivity contribution < 1.29 is 13.7 Å². The van der Waals surface area contributed by atoms with Crippen molar-refractivity contribution in [3.05, 3.63) is 58.4 Å². The average molecular weight is 568 g/mol. The molecule has 1 atom stereocenters. The van der Waals surface area contributed by atoms with Crippen LogP contribution in [0.5, 0.6) is 5.75 Å². The fourth-order valence-corrected chi connectivity index (χ4v) is 3.94. The van der Waals surface area contributed by atoms with Crippen LogP contribution in [0.3, 0.4) is 0 Å². The number of hydrogen-bond acceptors (Lipinski definition) is 6. The predicted octanol–water partition coefficient (Wildman–Crippen LogP) is 5.42. The molecule has 1 N–H and O–H groups in total. The third kappa shape index (κ3) is 5.83. The topological polar surface area (TPSA) is 101 Å². The molecule has 0 aliphatic heterocycles. The molecular weight excluding hydrogens is 544 g/mol. The summed E-state index contributed by atoms with van der Waals surface area (Å²) in [5.41, 5.74) is -0.0584. The molecule has 34 heavy (non-hydrogen) atoms. The van der Waals surface area contributed by atoms with Gasteiger partial charge in [0.2, 0.25) is 5.95 Å². The van der Waals surface area contributed by atoms with E-state index in [0.717, 1.165) is 0 Å². The highest BCUT2D eigenvalue weighted by Crippen LogP contribution is 2.40. The molecule has 1 aromatic carbocycles. The van der Waals surface area contributed by atoms with Gasteiger partial charge < -0.3 is 9.64 Å². The molecule has 0 spiro atoms. The number of amides is 2. The Balaban J connectivity index is 2.03. The van der Waals surface area contributed by atoms with Crippen LogP contribution in [0.15, 0.2) is 58.3 Å². The zero-order chi connectivity index (χ0) is 25.0. The van der Waals surface area contributed by atoms with E-state index < -0.39 is 16.5 Å². The van der Waals surface area contributed by atoms with E-state index in [1.165, 1.54) is 18.2 Å². The van der Waals surface area contributed by atoms with E-state index in [9.17, 15) is 9.00 Å². The van der Waals surface area contributed by atoms with Gasteiger partial charge in [0.1, 0.15) is 11.6 Å². The summed E-state index contributed by atoms with van der Waals surface area (Å²) in [6, 6.07) is 7.83. The minimum atomic E-state index is -1.65. The Morgan fingerprint density at radius 1 is 1.18 bits per heavy atom. The molecule has 180 valence electrons. The second-order valence-corrected chi connectivity index (χ2v) is 10.6. The number of pyridine rings is 1. The van der Waals surface area contributed by atoms with Crippen LogP contribution in [0.25, 0.3) is 0 Å². The Bertz CT molecular complexity index is 1190. The molecule has 9 nitrogen and oxygen atoms in total. The first-order chi connectivity index (χ1) is 16.0. The fraction of sp³-hybridized carbons (Fsp3) is 0.273. The SMILES string of the molecule is COc1cc(Br)c(Cl)cc1N(C(=O)N(C)C(C)(C)C)c1ccc(S(=O)Nc2ncccn2)cn1. The van der Waals surface area contributed by atoms with Gasteiger partial charge in [-0.2, -0.15) is 0 Å². The van der Waals surface area contributed by atoms with E-state index in [-0.39, 0.29) is 12.0 Å². The van der Waals surface area contributed by atoms with Gasteiger partial charge in [-0.1, -0.05) is 11.6 Å². The van der Waals surface area contributed by atoms with E-state index in [2.05, 4.69) is 35.6 Å². The Morgan fingerprint density at radius 3 is 2.41 bits per heavy atom. The van der Waals surface area contributed by atoms with Crippen molar-refractivity contribution in [1.29, 1.82) is 0 Å². The van der Waals surface area contributed by atoms with Crippen molar-refractivity contribution in [3.8, 4) is 5.75 Å². The van der Waals surface area contributed by atoms with Gasteiger partial charge in [-0.3, -0.25) is 4.72 Å². The summed E-state index contributed by atoms with van der Waals surface area (Å²) in [5.74, 6) is 0.946. The zero-order valence-corrected chi connectivity index (χ0v) is 22.4. The smallest absolute Gasteiger partial charge is 0.330 e. The minimum Gasteiger partial charge on any atom is -0.495 e. The Hall–Kier alpha value is -2.76. The molecule has 2 heterocycles. The Labute approximate surface area is 214 Å². The van der Waals surface area contributed by atoms with Gasteiger partial charge in [-0.25, -0.2) is 28.9 Å². The van der Waals surface area contributed by atoms with Crippen molar-refractivity contribution in [2.75, 3.05) is 23.8 Å². The van der Waals surface area contributed by atoms with Gasteiger partial charge in [0.05, 0.1) is 22.7 Å². The second kappa shape index (κ2) is 10.7. The van der Waals surface area contributed by atoms with Gasteiger partial charge in [0.25, 0.3) is 0 Å². The highest BCUT2D eigenvalue weighted by molar-refractivity contribution is 9.10. The van der Waals surface area contributed by atoms with E-state index in [0.29, 0.717) is 31.6 Å². The lowest BCUT2D eigenvalue weighted by Crippen LogP contribution is -2.48. The van der Waals surface area contributed by atoms with Crippen molar-refractivity contribution in [2.24, 2.45) is 0 Å². The van der Waals surface area contributed by atoms with Gasteiger partial charge in [-0.15, -0.1) is 0 Å². The molecule has 2 amide bonds. The van der Waals surface area contributed by atoms with Gasteiger partial charge in [0.15, 0.2) is 11.0 Å². The molecule has 3 aromatic rings. The molecule has 2 aromatic heterocycles. The number of hydrogen-bond donors (Lipinski definition) is 1. The fourth-order valence-electron chi connectivity index (χ4n) is 2.73. The lowest BCUT2D eigenvalue weighted by atomic mass is 10.1. The number of ether oxygens (including phenoxy) is 1. The molecule has 0 radical (unpaired) electrons. The van der Waals surface area contributed by atoms with E-state index in [1.54, 1.807) is 54.7 Å². The monoisotopic (exact) mass is 566 g/mol. The van der Waals surface area contributed by atoms with Gasteiger partial charge >= 0.3 is 6.03 Å². The number of urea groups is 1. The maximum Gasteiger partial charge on any atom is 0.330 e. The number of halogens is 2. The van der Waals surface area contributed by atoms with Crippen molar-refractivity contribution in [1.82, 2.24) is 19.9 Å². The number of aromatic nitrogens is 3. The molecule has 0 bridgehead atoms. The quantitative estimate of drug-likeness (QED) is 0.427. The lowest BCUT2D eigenvalue weighted by molar-refractivity contribution is 0.174. The number of rotatable bonds is 6. The number of methoxy groups -OCH3 is 1. The van der Waals surface area contributed by atoms with Crippen molar-refractivity contribution in [2.45, 2.75) is 31.2 Å². The minimum absolute atomic E-state index is 0.225. The molecular formula is C22H24BrClN6O3S. The molecule has 3 rings (SSSR count). The van der Waals surface area contributed by atoms with Crippen molar-refractivity contribution in [3.63, 3.8) is 0 Å². The first kappa shape index (κ1) is 25.9. The molecule has 0 aliphatic carbocycles.